The second-order valence-corrected chi connectivity index (χ2v) is 4.95. The quantitative estimate of drug-likeness (QED) is 0.820. The molecular formula is C16H14BrNO2. The van der Waals surface area contributed by atoms with Gasteiger partial charge in [-0.15, -0.1) is 0 Å². The lowest BCUT2D eigenvalue weighted by molar-refractivity contribution is 0.269. The summed E-state index contributed by atoms with van der Waals surface area (Å²) in [5, 5.41) is 9.03. The van der Waals surface area contributed by atoms with Crippen molar-refractivity contribution in [1.82, 2.24) is 0 Å². The van der Waals surface area contributed by atoms with Crippen molar-refractivity contribution in [2.24, 2.45) is 0 Å². The van der Waals surface area contributed by atoms with Gasteiger partial charge < -0.3 is 9.47 Å². The Hall–Kier alpha value is -1.99. The molecule has 0 aliphatic rings. The summed E-state index contributed by atoms with van der Waals surface area (Å²) in [5.41, 5.74) is 1.61. The second kappa shape index (κ2) is 6.97. The fourth-order valence-corrected chi connectivity index (χ4v) is 2.15. The largest absolute Gasteiger partial charge is 0.490 e. The first kappa shape index (κ1) is 14.4. The van der Waals surface area contributed by atoms with Gasteiger partial charge in [-0.3, -0.25) is 0 Å². The molecule has 0 unspecified atom stereocenters. The van der Waals surface area contributed by atoms with E-state index in [2.05, 4.69) is 22.0 Å². The summed E-state index contributed by atoms with van der Waals surface area (Å²) in [6.45, 7) is 2.88. The van der Waals surface area contributed by atoms with Crippen LogP contribution in [0.1, 0.15) is 18.1 Å². The summed E-state index contributed by atoms with van der Waals surface area (Å²) < 4.78 is 12.0. The normalized spacial score (nSPS) is 9.85. The van der Waals surface area contributed by atoms with Gasteiger partial charge in [-0.05, 0) is 34.5 Å². The molecule has 0 N–H and O–H groups in total. The van der Waals surface area contributed by atoms with Crippen LogP contribution in [0.3, 0.4) is 0 Å². The Morgan fingerprint density at radius 1 is 1.10 bits per heavy atom. The van der Waals surface area contributed by atoms with E-state index < -0.39 is 0 Å². The lowest BCUT2D eigenvalue weighted by Gasteiger charge is -2.13. The van der Waals surface area contributed by atoms with Crippen molar-refractivity contribution in [1.29, 1.82) is 5.26 Å². The van der Waals surface area contributed by atoms with E-state index in [1.54, 1.807) is 12.1 Å². The number of nitriles is 1. The maximum Gasteiger partial charge on any atom is 0.162 e. The molecule has 3 nitrogen and oxygen atoms in total. The first-order valence-electron chi connectivity index (χ1n) is 6.27. The fraction of sp³-hybridized carbons (Fsp3) is 0.188. The first-order valence-corrected chi connectivity index (χ1v) is 7.07. The summed E-state index contributed by atoms with van der Waals surface area (Å²) in [7, 11) is 0. The zero-order valence-electron chi connectivity index (χ0n) is 11.1. The van der Waals surface area contributed by atoms with E-state index in [4.69, 9.17) is 14.7 Å². The third-order valence-electron chi connectivity index (χ3n) is 2.69. The van der Waals surface area contributed by atoms with Gasteiger partial charge in [0.05, 0.1) is 12.2 Å². The summed E-state index contributed by atoms with van der Waals surface area (Å²) in [6, 6.07) is 15.5. The van der Waals surface area contributed by atoms with Crippen molar-refractivity contribution in [3.8, 4) is 17.6 Å². The average molecular weight is 332 g/mol. The van der Waals surface area contributed by atoms with E-state index in [9.17, 15) is 0 Å². The van der Waals surface area contributed by atoms with Crippen LogP contribution >= 0.6 is 15.9 Å². The molecule has 0 aliphatic carbocycles. The van der Waals surface area contributed by atoms with Crippen LogP contribution in [0.4, 0.5) is 0 Å². The number of hydrogen-bond donors (Lipinski definition) is 0. The van der Waals surface area contributed by atoms with Crippen LogP contribution in [-0.2, 0) is 6.61 Å². The predicted molar refractivity (Wildman–Crippen MR) is 80.8 cm³/mol. The van der Waals surface area contributed by atoms with Gasteiger partial charge in [0.1, 0.15) is 12.7 Å². The van der Waals surface area contributed by atoms with Crippen LogP contribution in [0.2, 0.25) is 0 Å². The Bertz CT molecular complexity index is 620. The molecule has 2 aromatic rings. The monoisotopic (exact) mass is 331 g/mol. The number of ether oxygens (including phenoxy) is 2. The van der Waals surface area contributed by atoms with E-state index in [1.807, 2.05) is 37.3 Å². The van der Waals surface area contributed by atoms with Gasteiger partial charge in [0.25, 0.3) is 0 Å². The minimum absolute atomic E-state index is 0.458. The second-order valence-electron chi connectivity index (χ2n) is 4.10. The van der Waals surface area contributed by atoms with Crippen LogP contribution in [-0.4, -0.2) is 6.61 Å². The van der Waals surface area contributed by atoms with E-state index >= 15 is 0 Å². The van der Waals surface area contributed by atoms with Crippen LogP contribution in [0.15, 0.2) is 46.9 Å². The Morgan fingerprint density at radius 3 is 2.45 bits per heavy atom. The summed E-state index contributed by atoms with van der Waals surface area (Å²) in [4.78, 5) is 0. The van der Waals surface area contributed by atoms with E-state index in [0.29, 0.717) is 34.7 Å². The highest BCUT2D eigenvalue weighted by Gasteiger charge is 2.10. The SMILES string of the molecule is CCOc1cc(C#N)c(Br)cc1OCc1ccccc1. The molecule has 0 spiro atoms. The van der Waals surface area contributed by atoms with Crippen molar-refractivity contribution >= 4 is 15.9 Å². The molecule has 0 fully saturated rings. The van der Waals surface area contributed by atoms with Crippen LogP contribution in [0.5, 0.6) is 11.5 Å². The average Bonchev–Trinajstić information content (AvgIpc) is 2.48. The number of benzene rings is 2. The lowest BCUT2D eigenvalue weighted by Crippen LogP contribution is -2.00. The Kier molecular flexibility index (Phi) is 5.03. The molecule has 0 aliphatic heterocycles. The Labute approximate surface area is 126 Å². The van der Waals surface area contributed by atoms with Crippen molar-refractivity contribution in [3.63, 3.8) is 0 Å². The standard InChI is InChI=1S/C16H14BrNO2/c1-2-19-15-8-13(10-18)14(17)9-16(15)20-11-12-6-4-3-5-7-12/h3-9H,2,11H2,1H3. The highest BCUT2D eigenvalue weighted by molar-refractivity contribution is 9.10. The molecule has 4 heteroatoms. The Balaban J connectivity index is 2.22. The molecule has 0 radical (unpaired) electrons. The van der Waals surface area contributed by atoms with Gasteiger partial charge in [0, 0.05) is 10.5 Å². The summed E-state index contributed by atoms with van der Waals surface area (Å²) >= 11 is 3.36. The molecule has 0 heterocycles. The molecule has 20 heavy (non-hydrogen) atoms. The van der Waals surface area contributed by atoms with Crippen molar-refractivity contribution in [2.45, 2.75) is 13.5 Å². The van der Waals surface area contributed by atoms with Crippen LogP contribution in [0, 0.1) is 11.3 Å². The molecule has 0 bridgehead atoms. The zero-order valence-corrected chi connectivity index (χ0v) is 12.7. The third kappa shape index (κ3) is 3.52. The predicted octanol–water partition coefficient (Wildman–Crippen LogP) is 4.30. The molecule has 0 aromatic heterocycles. The molecule has 2 aromatic carbocycles. The topological polar surface area (TPSA) is 42.2 Å². The summed E-state index contributed by atoms with van der Waals surface area (Å²) in [5.74, 6) is 1.21. The molecule has 0 saturated carbocycles. The maximum absolute atomic E-state index is 9.03. The van der Waals surface area contributed by atoms with Gasteiger partial charge in [0.2, 0.25) is 0 Å². The number of halogens is 1. The van der Waals surface area contributed by atoms with Crippen LogP contribution < -0.4 is 9.47 Å². The molecular weight excluding hydrogens is 318 g/mol. The van der Waals surface area contributed by atoms with E-state index in [1.165, 1.54) is 0 Å². The van der Waals surface area contributed by atoms with Gasteiger partial charge >= 0.3 is 0 Å². The number of rotatable bonds is 5. The van der Waals surface area contributed by atoms with Crippen molar-refractivity contribution < 1.29 is 9.47 Å². The zero-order chi connectivity index (χ0) is 14.4. The van der Waals surface area contributed by atoms with Gasteiger partial charge in [0.15, 0.2) is 11.5 Å². The summed E-state index contributed by atoms with van der Waals surface area (Å²) in [6.07, 6.45) is 0. The number of nitrogens with zero attached hydrogens (tertiary/aromatic N) is 1. The minimum Gasteiger partial charge on any atom is -0.490 e. The van der Waals surface area contributed by atoms with E-state index in [-0.39, 0.29) is 0 Å². The van der Waals surface area contributed by atoms with Crippen LogP contribution in [0.25, 0.3) is 0 Å². The van der Waals surface area contributed by atoms with Crippen molar-refractivity contribution in [2.75, 3.05) is 6.61 Å². The number of hydrogen-bond acceptors (Lipinski definition) is 3. The van der Waals surface area contributed by atoms with Crippen molar-refractivity contribution in [3.05, 3.63) is 58.1 Å². The smallest absolute Gasteiger partial charge is 0.162 e. The molecule has 0 saturated heterocycles. The van der Waals surface area contributed by atoms with E-state index in [0.717, 1.165) is 5.56 Å². The minimum atomic E-state index is 0.458. The maximum atomic E-state index is 9.03. The third-order valence-corrected chi connectivity index (χ3v) is 3.35. The molecule has 102 valence electrons. The molecule has 2 rings (SSSR count). The highest BCUT2D eigenvalue weighted by Crippen LogP contribution is 2.34. The molecule has 0 atom stereocenters. The Morgan fingerprint density at radius 2 is 1.80 bits per heavy atom. The van der Waals surface area contributed by atoms with Gasteiger partial charge in [-0.25, -0.2) is 0 Å². The van der Waals surface area contributed by atoms with Gasteiger partial charge in [-0.1, -0.05) is 30.3 Å². The lowest BCUT2D eigenvalue weighted by atomic mass is 10.2. The highest BCUT2D eigenvalue weighted by atomic mass is 79.9. The fourth-order valence-electron chi connectivity index (χ4n) is 1.74. The first-order chi connectivity index (χ1) is 9.74. The van der Waals surface area contributed by atoms with Gasteiger partial charge in [-0.2, -0.15) is 5.26 Å². The molecule has 0 amide bonds.